The minimum Gasteiger partial charge on any atom is -0.340 e. The number of alkyl halides is 2. The highest BCUT2D eigenvalue weighted by atomic mass is 19.3. The second-order valence-corrected chi connectivity index (χ2v) is 7.52. The van der Waals surface area contributed by atoms with Gasteiger partial charge in [0.2, 0.25) is 5.95 Å². The molecule has 0 saturated carbocycles. The number of carbonyl (C=O) groups is 1. The van der Waals surface area contributed by atoms with E-state index in [-0.39, 0.29) is 37.9 Å². The molecule has 2 aromatic heterocycles. The molecule has 0 aliphatic carbocycles. The fourth-order valence-corrected chi connectivity index (χ4v) is 3.99. The SMILES string of the molecule is Cc1ccc(C(=O)N2CCC(F)(F)C3(CCN(c4ncc(F)cn4)C3)C2)cn1. The minimum atomic E-state index is -2.91. The van der Waals surface area contributed by atoms with E-state index in [0.29, 0.717) is 12.1 Å². The van der Waals surface area contributed by atoms with Crippen molar-refractivity contribution in [3.63, 3.8) is 0 Å². The number of anilines is 1. The lowest BCUT2D eigenvalue weighted by atomic mass is 9.75. The van der Waals surface area contributed by atoms with Crippen LogP contribution in [0.4, 0.5) is 19.1 Å². The predicted molar refractivity (Wildman–Crippen MR) is 95.7 cm³/mol. The lowest BCUT2D eigenvalue weighted by Gasteiger charge is -2.45. The average Bonchev–Trinajstić information content (AvgIpc) is 3.10. The van der Waals surface area contributed by atoms with Crippen LogP contribution < -0.4 is 4.90 Å². The Bertz CT molecular complexity index is 874. The summed E-state index contributed by atoms with van der Waals surface area (Å²) in [5.74, 6) is -3.56. The number of pyridine rings is 1. The zero-order valence-electron chi connectivity index (χ0n) is 15.4. The Morgan fingerprint density at radius 3 is 2.46 bits per heavy atom. The van der Waals surface area contributed by atoms with E-state index in [0.717, 1.165) is 18.1 Å². The van der Waals surface area contributed by atoms with Crippen molar-refractivity contribution < 1.29 is 18.0 Å². The molecule has 0 radical (unpaired) electrons. The van der Waals surface area contributed by atoms with E-state index >= 15 is 0 Å². The number of nitrogens with zero attached hydrogens (tertiary/aromatic N) is 5. The Morgan fingerprint density at radius 1 is 1.04 bits per heavy atom. The van der Waals surface area contributed by atoms with Gasteiger partial charge in [0.15, 0.2) is 5.82 Å². The van der Waals surface area contributed by atoms with Gasteiger partial charge in [-0.2, -0.15) is 0 Å². The van der Waals surface area contributed by atoms with Crippen LogP contribution in [-0.4, -0.2) is 57.9 Å². The molecular formula is C19H20F3N5O. The molecule has 2 aliphatic heterocycles. The summed E-state index contributed by atoms with van der Waals surface area (Å²) in [6, 6.07) is 3.39. The molecular weight excluding hydrogens is 371 g/mol. The fraction of sp³-hybridized carbons (Fsp3) is 0.474. The summed E-state index contributed by atoms with van der Waals surface area (Å²) in [7, 11) is 0. The van der Waals surface area contributed by atoms with Crippen molar-refractivity contribution in [2.45, 2.75) is 25.7 Å². The summed E-state index contributed by atoms with van der Waals surface area (Å²) in [6.45, 7) is 2.10. The molecule has 2 saturated heterocycles. The normalized spacial score (nSPS) is 24.0. The molecule has 2 aliphatic rings. The van der Waals surface area contributed by atoms with Crippen LogP contribution in [0.5, 0.6) is 0 Å². The van der Waals surface area contributed by atoms with E-state index in [2.05, 4.69) is 15.0 Å². The number of aryl methyl sites for hydroxylation is 1. The third-order valence-electron chi connectivity index (χ3n) is 5.65. The fourth-order valence-electron chi connectivity index (χ4n) is 3.99. The van der Waals surface area contributed by atoms with Crippen molar-refractivity contribution in [2.24, 2.45) is 5.41 Å². The molecule has 0 bridgehead atoms. The first-order valence-corrected chi connectivity index (χ1v) is 9.12. The standard InChI is InChI=1S/C19H20F3N5O/c1-13-2-3-14(8-23-13)16(28)26-7-5-19(21,22)18(11-26)4-6-27(12-18)17-24-9-15(20)10-25-17/h2-3,8-10H,4-7,11-12H2,1H3. The second kappa shape index (κ2) is 6.72. The Hall–Kier alpha value is -2.71. The summed E-state index contributed by atoms with van der Waals surface area (Å²) >= 11 is 0. The molecule has 1 atom stereocenters. The van der Waals surface area contributed by atoms with Gasteiger partial charge in [-0.05, 0) is 25.5 Å². The molecule has 148 valence electrons. The molecule has 6 nitrogen and oxygen atoms in total. The van der Waals surface area contributed by atoms with Crippen LogP contribution in [0.25, 0.3) is 0 Å². The van der Waals surface area contributed by atoms with Crippen LogP contribution >= 0.6 is 0 Å². The Balaban J connectivity index is 1.56. The van der Waals surface area contributed by atoms with Crippen molar-refractivity contribution in [1.82, 2.24) is 19.9 Å². The third-order valence-corrected chi connectivity index (χ3v) is 5.65. The van der Waals surface area contributed by atoms with Gasteiger partial charge < -0.3 is 9.80 Å². The minimum absolute atomic E-state index is 0.00545. The van der Waals surface area contributed by atoms with Crippen LogP contribution in [0, 0.1) is 18.2 Å². The van der Waals surface area contributed by atoms with Crippen LogP contribution in [0.2, 0.25) is 0 Å². The predicted octanol–water partition coefficient (Wildman–Crippen LogP) is 2.70. The number of hydrogen-bond donors (Lipinski definition) is 0. The Labute approximate surface area is 160 Å². The van der Waals surface area contributed by atoms with Crippen LogP contribution in [-0.2, 0) is 0 Å². The summed E-state index contributed by atoms with van der Waals surface area (Å²) in [5, 5.41) is 0. The number of rotatable bonds is 2. The quantitative estimate of drug-likeness (QED) is 0.788. The number of likely N-dealkylation sites (tertiary alicyclic amines) is 1. The zero-order chi connectivity index (χ0) is 19.9. The number of halogens is 3. The molecule has 2 fully saturated rings. The first-order valence-electron chi connectivity index (χ1n) is 9.12. The maximum Gasteiger partial charge on any atom is 0.258 e. The van der Waals surface area contributed by atoms with Gasteiger partial charge in [0.1, 0.15) is 0 Å². The molecule has 4 heterocycles. The molecule has 4 rings (SSSR count). The lowest BCUT2D eigenvalue weighted by Crippen LogP contribution is -2.58. The van der Waals surface area contributed by atoms with Crippen molar-refractivity contribution in [1.29, 1.82) is 0 Å². The number of aromatic nitrogens is 3. The highest BCUT2D eigenvalue weighted by Crippen LogP contribution is 2.50. The smallest absolute Gasteiger partial charge is 0.258 e. The van der Waals surface area contributed by atoms with Gasteiger partial charge in [0.05, 0.1) is 23.4 Å². The first kappa shape index (κ1) is 18.6. The maximum atomic E-state index is 14.9. The molecule has 9 heteroatoms. The zero-order valence-corrected chi connectivity index (χ0v) is 15.4. The summed E-state index contributed by atoms with van der Waals surface area (Å²) in [4.78, 5) is 27.9. The van der Waals surface area contributed by atoms with Gasteiger partial charge in [-0.3, -0.25) is 9.78 Å². The molecule has 1 spiro atoms. The van der Waals surface area contributed by atoms with Crippen LogP contribution in [0.3, 0.4) is 0 Å². The molecule has 1 amide bonds. The topological polar surface area (TPSA) is 62.2 Å². The highest BCUT2D eigenvalue weighted by Gasteiger charge is 2.60. The van der Waals surface area contributed by atoms with E-state index in [4.69, 9.17) is 0 Å². The number of piperidine rings is 1. The summed E-state index contributed by atoms with van der Waals surface area (Å²) in [5.41, 5.74) is -0.205. The highest BCUT2D eigenvalue weighted by molar-refractivity contribution is 5.94. The van der Waals surface area contributed by atoms with Gasteiger partial charge in [-0.1, -0.05) is 0 Å². The van der Waals surface area contributed by atoms with Gasteiger partial charge in [-0.25, -0.2) is 23.1 Å². The van der Waals surface area contributed by atoms with Crippen molar-refractivity contribution in [3.05, 3.63) is 47.8 Å². The molecule has 28 heavy (non-hydrogen) atoms. The number of amides is 1. The molecule has 1 unspecified atom stereocenters. The first-order chi connectivity index (χ1) is 13.3. The van der Waals surface area contributed by atoms with Gasteiger partial charge in [0, 0.05) is 44.5 Å². The molecule has 0 N–H and O–H groups in total. The Morgan fingerprint density at radius 2 is 1.79 bits per heavy atom. The summed E-state index contributed by atoms with van der Waals surface area (Å²) < 4.78 is 42.9. The molecule has 0 aromatic carbocycles. The van der Waals surface area contributed by atoms with Gasteiger partial charge in [0.25, 0.3) is 11.8 Å². The van der Waals surface area contributed by atoms with Gasteiger partial charge in [-0.15, -0.1) is 0 Å². The van der Waals surface area contributed by atoms with E-state index in [1.807, 2.05) is 6.92 Å². The van der Waals surface area contributed by atoms with Crippen LogP contribution in [0.1, 0.15) is 28.9 Å². The van der Waals surface area contributed by atoms with Crippen LogP contribution in [0.15, 0.2) is 30.7 Å². The molecule has 2 aromatic rings. The number of carbonyl (C=O) groups excluding carboxylic acids is 1. The van der Waals surface area contributed by atoms with Crippen molar-refractivity contribution >= 4 is 11.9 Å². The Kier molecular flexibility index (Phi) is 4.47. The average molecular weight is 391 g/mol. The number of hydrogen-bond acceptors (Lipinski definition) is 5. The monoisotopic (exact) mass is 391 g/mol. The van der Waals surface area contributed by atoms with Crippen molar-refractivity contribution in [2.75, 3.05) is 31.1 Å². The van der Waals surface area contributed by atoms with E-state index in [1.54, 1.807) is 17.0 Å². The maximum absolute atomic E-state index is 14.9. The van der Waals surface area contributed by atoms with E-state index < -0.39 is 23.6 Å². The second-order valence-electron chi connectivity index (χ2n) is 7.52. The lowest BCUT2D eigenvalue weighted by molar-refractivity contribution is -0.150. The van der Waals surface area contributed by atoms with Crippen molar-refractivity contribution in [3.8, 4) is 0 Å². The largest absolute Gasteiger partial charge is 0.340 e. The van der Waals surface area contributed by atoms with E-state index in [1.165, 1.54) is 11.1 Å². The van der Waals surface area contributed by atoms with Gasteiger partial charge >= 0.3 is 0 Å². The van der Waals surface area contributed by atoms with E-state index in [9.17, 15) is 18.0 Å². The third kappa shape index (κ3) is 3.18. The summed E-state index contributed by atoms with van der Waals surface area (Å²) in [6.07, 6.45) is 3.33.